The van der Waals surface area contributed by atoms with E-state index in [9.17, 15) is 4.79 Å². The van der Waals surface area contributed by atoms with E-state index in [1.54, 1.807) is 23.5 Å². The average Bonchev–Trinajstić information content (AvgIpc) is 3.51. The molecular weight excluding hydrogens is 410 g/mol. The number of aryl methyl sites for hydroxylation is 1. The minimum Gasteiger partial charge on any atom is -0.341 e. The normalized spacial score (nSPS) is 12.2. The Hall–Kier alpha value is -3.78. The Morgan fingerprint density at radius 3 is 2.55 bits per heavy atom. The number of amides is 1. The number of aromatic nitrogens is 4. The molecule has 3 heterocycles. The van der Waals surface area contributed by atoms with Crippen molar-refractivity contribution in [2.75, 3.05) is 0 Å². The molecule has 0 unspecified atom stereocenters. The van der Waals surface area contributed by atoms with Crippen LogP contribution in [0.5, 0.6) is 0 Å². The van der Waals surface area contributed by atoms with E-state index in [1.807, 2.05) is 73.1 Å². The van der Waals surface area contributed by atoms with Crippen LogP contribution in [0.2, 0.25) is 0 Å². The van der Waals surface area contributed by atoms with Crippen molar-refractivity contribution >= 4 is 27.5 Å². The largest absolute Gasteiger partial charge is 0.341 e. The van der Waals surface area contributed by atoms with Gasteiger partial charge in [-0.1, -0.05) is 41.6 Å². The molecule has 0 saturated carbocycles. The number of hydrogen-bond acceptors (Lipinski definition) is 6. The fourth-order valence-electron chi connectivity index (χ4n) is 3.34. The van der Waals surface area contributed by atoms with E-state index in [-0.39, 0.29) is 5.91 Å². The van der Waals surface area contributed by atoms with E-state index in [2.05, 4.69) is 20.6 Å². The van der Waals surface area contributed by atoms with Crippen LogP contribution in [0.4, 0.5) is 0 Å². The van der Waals surface area contributed by atoms with Gasteiger partial charge >= 0.3 is 0 Å². The zero-order valence-electron chi connectivity index (χ0n) is 16.9. The standard InChI is InChI=1S/C23H19N5O2S/c1-14-18-13-19(31-23(18)28(26-14)17-11-7-4-8-12-17)20-25-22(30-27-20)15(2)24-21(29)16-9-5-3-6-10-16/h3-13,15H,1-2H3,(H,24,29)/t15-/m0/s1. The van der Waals surface area contributed by atoms with E-state index < -0.39 is 6.04 Å². The molecule has 1 amide bonds. The monoisotopic (exact) mass is 429 g/mol. The SMILES string of the molecule is Cc1nn(-c2ccccc2)c2sc(-c3noc([C@H](C)NC(=O)c4ccccc4)n3)cc12. The van der Waals surface area contributed by atoms with Crippen LogP contribution >= 0.6 is 11.3 Å². The van der Waals surface area contributed by atoms with Gasteiger partial charge in [0.1, 0.15) is 10.9 Å². The fraction of sp³-hybridized carbons (Fsp3) is 0.130. The molecule has 0 aliphatic heterocycles. The average molecular weight is 430 g/mol. The number of para-hydroxylation sites is 1. The van der Waals surface area contributed by atoms with Gasteiger partial charge in [-0.25, -0.2) is 4.68 Å². The summed E-state index contributed by atoms with van der Waals surface area (Å²) in [7, 11) is 0. The van der Waals surface area contributed by atoms with Crippen molar-refractivity contribution in [3.05, 3.63) is 83.9 Å². The van der Waals surface area contributed by atoms with Crippen molar-refractivity contribution < 1.29 is 9.32 Å². The summed E-state index contributed by atoms with van der Waals surface area (Å²) in [5, 5.41) is 12.8. The van der Waals surface area contributed by atoms with Gasteiger partial charge in [-0.05, 0) is 44.2 Å². The molecule has 5 aromatic rings. The summed E-state index contributed by atoms with van der Waals surface area (Å²) < 4.78 is 7.38. The van der Waals surface area contributed by atoms with Gasteiger partial charge in [0.15, 0.2) is 0 Å². The Bertz CT molecular complexity index is 1350. The molecule has 5 rings (SSSR count). The number of rotatable bonds is 5. The fourth-order valence-corrected chi connectivity index (χ4v) is 4.45. The third kappa shape index (κ3) is 3.62. The lowest BCUT2D eigenvalue weighted by molar-refractivity contribution is 0.0932. The lowest BCUT2D eigenvalue weighted by Crippen LogP contribution is -2.26. The van der Waals surface area contributed by atoms with Gasteiger partial charge in [0.05, 0.1) is 16.3 Å². The van der Waals surface area contributed by atoms with Gasteiger partial charge in [0, 0.05) is 10.9 Å². The van der Waals surface area contributed by atoms with Gasteiger partial charge in [-0.3, -0.25) is 4.79 Å². The predicted molar refractivity (Wildman–Crippen MR) is 119 cm³/mol. The highest BCUT2D eigenvalue weighted by molar-refractivity contribution is 7.21. The van der Waals surface area contributed by atoms with Crippen LogP contribution in [0, 0.1) is 6.92 Å². The molecule has 0 bridgehead atoms. The first-order valence-corrected chi connectivity index (χ1v) is 10.7. The molecule has 31 heavy (non-hydrogen) atoms. The first-order valence-electron chi connectivity index (χ1n) is 9.84. The maximum atomic E-state index is 12.4. The van der Waals surface area contributed by atoms with E-state index >= 15 is 0 Å². The predicted octanol–water partition coefficient (Wildman–Crippen LogP) is 4.94. The number of carbonyl (C=O) groups excluding carboxylic acids is 1. The van der Waals surface area contributed by atoms with E-state index in [0.717, 1.165) is 26.5 Å². The van der Waals surface area contributed by atoms with E-state index in [0.29, 0.717) is 17.3 Å². The quantitative estimate of drug-likeness (QED) is 0.428. The first kappa shape index (κ1) is 19.2. The zero-order valence-corrected chi connectivity index (χ0v) is 17.8. The third-order valence-electron chi connectivity index (χ3n) is 4.96. The molecule has 154 valence electrons. The molecule has 0 spiro atoms. The molecule has 3 aromatic heterocycles. The minimum atomic E-state index is -0.412. The molecule has 1 N–H and O–H groups in total. The van der Waals surface area contributed by atoms with Crippen molar-refractivity contribution in [3.63, 3.8) is 0 Å². The van der Waals surface area contributed by atoms with Crippen LogP contribution in [-0.4, -0.2) is 25.8 Å². The second kappa shape index (κ2) is 7.81. The molecule has 0 aliphatic rings. The van der Waals surface area contributed by atoms with Crippen molar-refractivity contribution in [1.82, 2.24) is 25.2 Å². The molecule has 1 atom stereocenters. The number of nitrogens with zero attached hydrogens (tertiary/aromatic N) is 4. The summed E-state index contributed by atoms with van der Waals surface area (Å²) in [4.78, 5) is 18.8. The minimum absolute atomic E-state index is 0.187. The van der Waals surface area contributed by atoms with Crippen LogP contribution in [0.25, 0.3) is 26.6 Å². The maximum Gasteiger partial charge on any atom is 0.251 e. The summed E-state index contributed by atoms with van der Waals surface area (Å²) >= 11 is 1.56. The molecule has 2 aromatic carbocycles. The Morgan fingerprint density at radius 2 is 1.81 bits per heavy atom. The topological polar surface area (TPSA) is 85.8 Å². The summed E-state index contributed by atoms with van der Waals surface area (Å²) in [6.45, 7) is 3.81. The summed E-state index contributed by atoms with van der Waals surface area (Å²) in [6.07, 6.45) is 0. The van der Waals surface area contributed by atoms with Crippen LogP contribution in [0.3, 0.4) is 0 Å². The first-order chi connectivity index (χ1) is 15.1. The molecule has 0 saturated heterocycles. The van der Waals surface area contributed by atoms with E-state index in [1.165, 1.54) is 0 Å². The summed E-state index contributed by atoms with van der Waals surface area (Å²) in [5.74, 6) is 0.669. The Morgan fingerprint density at radius 1 is 1.10 bits per heavy atom. The number of benzene rings is 2. The highest BCUT2D eigenvalue weighted by atomic mass is 32.1. The molecule has 0 aliphatic carbocycles. The number of fused-ring (bicyclic) bond motifs is 1. The van der Waals surface area contributed by atoms with E-state index in [4.69, 9.17) is 4.52 Å². The number of carbonyl (C=O) groups is 1. The lowest BCUT2D eigenvalue weighted by Gasteiger charge is -2.09. The summed E-state index contributed by atoms with van der Waals surface area (Å²) in [5.41, 5.74) is 2.52. The van der Waals surface area contributed by atoms with Crippen LogP contribution < -0.4 is 5.32 Å². The molecule has 8 heteroatoms. The van der Waals surface area contributed by atoms with Gasteiger partial charge < -0.3 is 9.84 Å². The summed E-state index contributed by atoms with van der Waals surface area (Å²) in [6, 6.07) is 20.7. The Balaban J connectivity index is 1.41. The third-order valence-corrected chi connectivity index (χ3v) is 6.07. The highest BCUT2D eigenvalue weighted by Crippen LogP contribution is 2.35. The van der Waals surface area contributed by atoms with Crippen LogP contribution in [0.1, 0.15) is 34.9 Å². The second-order valence-electron chi connectivity index (χ2n) is 7.18. The number of nitrogens with one attached hydrogen (secondary N) is 1. The molecular formula is C23H19N5O2S. The maximum absolute atomic E-state index is 12.4. The van der Waals surface area contributed by atoms with Crippen molar-refractivity contribution in [1.29, 1.82) is 0 Å². The Kier molecular flexibility index (Phi) is 4.83. The van der Waals surface area contributed by atoms with Crippen molar-refractivity contribution in [2.45, 2.75) is 19.9 Å². The van der Waals surface area contributed by atoms with Gasteiger partial charge in [-0.2, -0.15) is 10.1 Å². The lowest BCUT2D eigenvalue weighted by atomic mass is 10.2. The zero-order chi connectivity index (χ0) is 21.4. The van der Waals surface area contributed by atoms with Crippen molar-refractivity contribution in [2.24, 2.45) is 0 Å². The van der Waals surface area contributed by atoms with Crippen LogP contribution in [-0.2, 0) is 0 Å². The molecule has 7 nitrogen and oxygen atoms in total. The van der Waals surface area contributed by atoms with Gasteiger partial charge in [0.25, 0.3) is 5.91 Å². The highest BCUT2D eigenvalue weighted by Gasteiger charge is 2.21. The van der Waals surface area contributed by atoms with Crippen molar-refractivity contribution in [3.8, 4) is 16.4 Å². The second-order valence-corrected chi connectivity index (χ2v) is 8.21. The number of thiophene rings is 1. The molecule has 0 radical (unpaired) electrons. The van der Waals surface area contributed by atoms with Gasteiger partial charge in [0.2, 0.25) is 11.7 Å². The number of hydrogen-bond donors (Lipinski definition) is 1. The molecule has 0 fully saturated rings. The van der Waals surface area contributed by atoms with Gasteiger partial charge in [-0.15, -0.1) is 11.3 Å². The Labute approximate surface area is 182 Å². The van der Waals surface area contributed by atoms with Crippen LogP contribution in [0.15, 0.2) is 71.3 Å². The smallest absolute Gasteiger partial charge is 0.251 e.